The SMILES string of the molecule is O=C(NOCC(F)(F)F)c1ccc2c(c1)OCO2. The molecule has 5 nitrogen and oxygen atoms in total. The van der Waals surface area contributed by atoms with Gasteiger partial charge in [-0.15, -0.1) is 0 Å². The first-order valence-corrected chi connectivity index (χ1v) is 4.84. The number of fused-ring (bicyclic) bond motifs is 1. The Morgan fingerprint density at radius 2 is 2.06 bits per heavy atom. The highest BCUT2D eigenvalue weighted by molar-refractivity contribution is 5.94. The van der Waals surface area contributed by atoms with Crippen LogP contribution in [-0.2, 0) is 4.84 Å². The zero-order valence-electron chi connectivity index (χ0n) is 8.91. The number of ether oxygens (including phenoxy) is 2. The summed E-state index contributed by atoms with van der Waals surface area (Å²) >= 11 is 0. The predicted octanol–water partition coefficient (Wildman–Crippen LogP) is 1.64. The fourth-order valence-electron chi connectivity index (χ4n) is 1.28. The number of nitrogens with one attached hydrogen (secondary N) is 1. The maximum absolute atomic E-state index is 11.8. The maximum atomic E-state index is 11.8. The van der Waals surface area contributed by atoms with E-state index in [0.29, 0.717) is 11.5 Å². The molecule has 1 aromatic carbocycles. The van der Waals surface area contributed by atoms with Gasteiger partial charge < -0.3 is 9.47 Å². The molecule has 1 heterocycles. The molecule has 0 spiro atoms. The minimum atomic E-state index is -4.50. The van der Waals surface area contributed by atoms with Crippen LogP contribution in [0.25, 0.3) is 0 Å². The van der Waals surface area contributed by atoms with Gasteiger partial charge in [0.25, 0.3) is 5.91 Å². The first-order valence-electron chi connectivity index (χ1n) is 4.84. The molecular weight excluding hydrogens is 255 g/mol. The van der Waals surface area contributed by atoms with Crippen molar-refractivity contribution in [1.29, 1.82) is 0 Å². The first kappa shape index (κ1) is 12.5. The van der Waals surface area contributed by atoms with Gasteiger partial charge >= 0.3 is 6.18 Å². The van der Waals surface area contributed by atoms with Crippen molar-refractivity contribution in [3.05, 3.63) is 23.8 Å². The van der Waals surface area contributed by atoms with Gasteiger partial charge in [-0.2, -0.15) is 13.2 Å². The summed E-state index contributed by atoms with van der Waals surface area (Å²) in [6.45, 7) is -1.51. The summed E-state index contributed by atoms with van der Waals surface area (Å²) in [4.78, 5) is 15.5. The average molecular weight is 263 g/mol. The molecule has 0 bridgehead atoms. The van der Waals surface area contributed by atoms with E-state index in [9.17, 15) is 18.0 Å². The van der Waals surface area contributed by atoms with Crippen molar-refractivity contribution in [2.24, 2.45) is 0 Å². The lowest BCUT2D eigenvalue weighted by atomic mass is 10.2. The summed E-state index contributed by atoms with van der Waals surface area (Å²) in [5.74, 6) is 0.0405. The first-order chi connectivity index (χ1) is 8.46. The zero-order valence-corrected chi connectivity index (χ0v) is 8.91. The van der Waals surface area contributed by atoms with E-state index in [-0.39, 0.29) is 12.4 Å². The summed E-state index contributed by atoms with van der Waals surface area (Å²) in [6, 6.07) is 4.23. The largest absolute Gasteiger partial charge is 0.454 e. The van der Waals surface area contributed by atoms with Crippen LogP contribution < -0.4 is 15.0 Å². The fraction of sp³-hybridized carbons (Fsp3) is 0.300. The number of carbonyl (C=O) groups excluding carboxylic acids is 1. The minimum Gasteiger partial charge on any atom is -0.454 e. The van der Waals surface area contributed by atoms with E-state index in [2.05, 4.69) is 4.84 Å². The summed E-state index contributed by atoms with van der Waals surface area (Å²) in [5.41, 5.74) is 1.80. The van der Waals surface area contributed by atoms with Gasteiger partial charge in [0, 0.05) is 5.56 Å². The van der Waals surface area contributed by atoms with Crippen LogP contribution in [0.4, 0.5) is 13.2 Å². The van der Waals surface area contributed by atoms with Crippen LogP contribution in [0.2, 0.25) is 0 Å². The van der Waals surface area contributed by atoms with E-state index in [4.69, 9.17) is 9.47 Å². The number of carbonyl (C=O) groups is 1. The second kappa shape index (κ2) is 4.73. The molecule has 2 rings (SSSR count). The molecule has 1 aliphatic rings. The molecule has 0 unspecified atom stereocenters. The predicted molar refractivity (Wildman–Crippen MR) is 52.0 cm³/mol. The molecule has 1 aromatic rings. The molecule has 1 aliphatic heterocycles. The highest BCUT2D eigenvalue weighted by atomic mass is 19.4. The molecule has 98 valence electrons. The van der Waals surface area contributed by atoms with Crippen molar-refractivity contribution in [2.75, 3.05) is 13.4 Å². The van der Waals surface area contributed by atoms with E-state index in [1.54, 1.807) is 5.48 Å². The molecule has 0 fully saturated rings. The Morgan fingerprint density at radius 3 is 2.78 bits per heavy atom. The number of hydrogen-bond donors (Lipinski definition) is 1. The van der Waals surface area contributed by atoms with E-state index < -0.39 is 18.7 Å². The minimum absolute atomic E-state index is 0.0466. The van der Waals surface area contributed by atoms with Gasteiger partial charge in [-0.3, -0.25) is 9.63 Å². The Morgan fingerprint density at radius 1 is 1.33 bits per heavy atom. The molecule has 0 aromatic heterocycles. The molecule has 0 radical (unpaired) electrons. The third-order valence-electron chi connectivity index (χ3n) is 2.04. The van der Waals surface area contributed by atoms with Crippen molar-refractivity contribution < 1.29 is 32.3 Å². The molecule has 8 heteroatoms. The Hall–Kier alpha value is -1.96. The van der Waals surface area contributed by atoms with E-state index >= 15 is 0 Å². The smallest absolute Gasteiger partial charge is 0.414 e. The third kappa shape index (κ3) is 3.04. The van der Waals surface area contributed by atoms with Crippen LogP contribution in [0.5, 0.6) is 11.5 Å². The molecule has 0 aliphatic carbocycles. The Labute approximate surface area is 99.4 Å². The van der Waals surface area contributed by atoms with E-state index in [1.807, 2.05) is 0 Å². The van der Waals surface area contributed by atoms with Gasteiger partial charge in [-0.25, -0.2) is 5.48 Å². The van der Waals surface area contributed by atoms with Crippen LogP contribution in [0.15, 0.2) is 18.2 Å². The molecule has 1 amide bonds. The second-order valence-corrected chi connectivity index (χ2v) is 3.40. The van der Waals surface area contributed by atoms with Gasteiger partial charge in [0.1, 0.15) is 0 Å². The van der Waals surface area contributed by atoms with Crippen molar-refractivity contribution in [3.8, 4) is 11.5 Å². The Bertz CT molecular complexity index is 461. The highest BCUT2D eigenvalue weighted by Crippen LogP contribution is 2.32. The van der Waals surface area contributed by atoms with Crippen LogP contribution in [0.1, 0.15) is 10.4 Å². The van der Waals surface area contributed by atoms with Crippen molar-refractivity contribution in [1.82, 2.24) is 5.48 Å². The number of amides is 1. The van der Waals surface area contributed by atoms with Crippen LogP contribution in [0, 0.1) is 0 Å². The van der Waals surface area contributed by atoms with E-state index in [1.165, 1.54) is 18.2 Å². The lowest BCUT2D eigenvalue weighted by Crippen LogP contribution is -2.29. The zero-order chi connectivity index (χ0) is 13.2. The van der Waals surface area contributed by atoms with Gasteiger partial charge in [0.2, 0.25) is 6.79 Å². The fourth-order valence-corrected chi connectivity index (χ4v) is 1.28. The number of halogens is 3. The van der Waals surface area contributed by atoms with Crippen molar-refractivity contribution in [3.63, 3.8) is 0 Å². The monoisotopic (exact) mass is 263 g/mol. The van der Waals surface area contributed by atoms with Crippen molar-refractivity contribution in [2.45, 2.75) is 6.18 Å². The van der Waals surface area contributed by atoms with Gasteiger partial charge in [-0.1, -0.05) is 0 Å². The van der Waals surface area contributed by atoms with Gasteiger partial charge in [-0.05, 0) is 18.2 Å². The summed E-state index contributed by atoms with van der Waals surface area (Å²) < 4.78 is 45.4. The molecule has 0 saturated heterocycles. The summed E-state index contributed by atoms with van der Waals surface area (Å²) in [6.07, 6.45) is -4.50. The Balaban J connectivity index is 1.93. The number of hydroxylamine groups is 1. The van der Waals surface area contributed by atoms with Crippen LogP contribution >= 0.6 is 0 Å². The third-order valence-corrected chi connectivity index (χ3v) is 2.04. The number of benzene rings is 1. The quantitative estimate of drug-likeness (QED) is 0.842. The normalized spacial score (nSPS) is 13.5. The molecule has 0 atom stereocenters. The molecular formula is C10H8F3NO4. The van der Waals surface area contributed by atoms with Gasteiger partial charge in [0.15, 0.2) is 18.1 Å². The summed E-state index contributed by atoms with van der Waals surface area (Å²) in [7, 11) is 0. The van der Waals surface area contributed by atoms with Crippen LogP contribution in [-0.4, -0.2) is 25.5 Å². The Kier molecular flexibility index (Phi) is 3.28. The lowest BCUT2D eigenvalue weighted by Gasteiger charge is -2.08. The van der Waals surface area contributed by atoms with Crippen molar-refractivity contribution >= 4 is 5.91 Å². The summed E-state index contributed by atoms with van der Waals surface area (Å²) in [5, 5.41) is 0. The topological polar surface area (TPSA) is 56.8 Å². The molecule has 18 heavy (non-hydrogen) atoms. The van der Waals surface area contributed by atoms with Gasteiger partial charge in [0.05, 0.1) is 0 Å². The number of alkyl halides is 3. The van der Waals surface area contributed by atoms with E-state index in [0.717, 1.165) is 0 Å². The number of rotatable bonds is 3. The highest BCUT2D eigenvalue weighted by Gasteiger charge is 2.28. The second-order valence-electron chi connectivity index (χ2n) is 3.40. The number of hydrogen-bond acceptors (Lipinski definition) is 4. The average Bonchev–Trinajstić information content (AvgIpc) is 2.73. The maximum Gasteiger partial charge on any atom is 0.414 e. The molecule has 1 N–H and O–H groups in total. The lowest BCUT2D eigenvalue weighted by molar-refractivity contribution is -0.184. The standard InChI is InChI=1S/C10H8F3NO4/c11-10(12,13)4-18-14-9(15)6-1-2-7-8(3-6)17-5-16-7/h1-3H,4-5H2,(H,14,15). The van der Waals surface area contributed by atoms with Crippen LogP contribution in [0.3, 0.4) is 0 Å². The molecule has 0 saturated carbocycles.